The van der Waals surface area contributed by atoms with Crippen LogP contribution in [0, 0.1) is 17.2 Å². The normalized spacial score (nSPS) is 15.8. The number of nitrogens with zero attached hydrogens (tertiary/aromatic N) is 2. The standard InChI is InChI=1S/C24H29N3O4S/c1-18(2)16-23(24(28)26-11-10-25)21-5-3-4-20(17-21)19-6-8-22(9-7-19)32(29,30)27-12-14-31-15-13-27/h3-9,17-18,23H,11-16H2,1-2H3,(H,26,28). The van der Waals surface area contributed by atoms with E-state index >= 15 is 0 Å². The Balaban J connectivity index is 1.85. The Morgan fingerprint density at radius 3 is 2.44 bits per heavy atom. The van der Waals surface area contributed by atoms with Crippen molar-refractivity contribution in [2.24, 2.45) is 5.92 Å². The van der Waals surface area contributed by atoms with Crippen LogP contribution in [0.2, 0.25) is 0 Å². The van der Waals surface area contributed by atoms with Gasteiger partial charge >= 0.3 is 0 Å². The van der Waals surface area contributed by atoms with E-state index in [0.717, 1.165) is 16.7 Å². The van der Waals surface area contributed by atoms with E-state index in [1.165, 1.54) is 4.31 Å². The number of sulfonamides is 1. The van der Waals surface area contributed by atoms with Crippen LogP contribution in [0.1, 0.15) is 31.7 Å². The maximum atomic E-state index is 12.8. The van der Waals surface area contributed by atoms with Crippen molar-refractivity contribution in [1.82, 2.24) is 9.62 Å². The Hall–Kier alpha value is -2.73. The van der Waals surface area contributed by atoms with Crippen molar-refractivity contribution in [3.8, 4) is 17.2 Å². The van der Waals surface area contributed by atoms with Crippen LogP contribution in [0.5, 0.6) is 0 Å². The minimum Gasteiger partial charge on any atom is -0.379 e. The van der Waals surface area contributed by atoms with Crippen molar-refractivity contribution < 1.29 is 17.9 Å². The number of amides is 1. The number of morpholine rings is 1. The minimum atomic E-state index is -3.54. The largest absolute Gasteiger partial charge is 0.379 e. The predicted molar refractivity (Wildman–Crippen MR) is 122 cm³/mol. The summed E-state index contributed by atoms with van der Waals surface area (Å²) < 4.78 is 32.4. The molecule has 1 amide bonds. The summed E-state index contributed by atoms with van der Waals surface area (Å²) >= 11 is 0. The first-order chi connectivity index (χ1) is 15.3. The van der Waals surface area contributed by atoms with Gasteiger partial charge in [0.1, 0.15) is 6.54 Å². The van der Waals surface area contributed by atoms with Gasteiger partial charge in [-0.1, -0.05) is 50.2 Å². The lowest BCUT2D eigenvalue weighted by atomic mass is 9.88. The summed E-state index contributed by atoms with van der Waals surface area (Å²) in [7, 11) is -3.54. The summed E-state index contributed by atoms with van der Waals surface area (Å²) in [6.07, 6.45) is 0.664. The van der Waals surface area contributed by atoms with Crippen molar-refractivity contribution in [2.75, 3.05) is 32.8 Å². The van der Waals surface area contributed by atoms with Gasteiger partial charge in [-0.2, -0.15) is 9.57 Å². The van der Waals surface area contributed by atoms with E-state index in [1.54, 1.807) is 24.3 Å². The molecule has 1 saturated heterocycles. The lowest BCUT2D eigenvalue weighted by molar-refractivity contribution is -0.122. The van der Waals surface area contributed by atoms with Gasteiger partial charge in [-0.3, -0.25) is 4.79 Å². The molecule has 0 aliphatic carbocycles. The molecule has 0 bridgehead atoms. The average molecular weight is 456 g/mol. The maximum absolute atomic E-state index is 12.8. The van der Waals surface area contributed by atoms with Crippen molar-refractivity contribution in [3.05, 3.63) is 54.1 Å². The van der Waals surface area contributed by atoms with Crippen LogP contribution in [0.4, 0.5) is 0 Å². The fourth-order valence-electron chi connectivity index (χ4n) is 3.81. The number of ether oxygens (including phenoxy) is 1. The van der Waals surface area contributed by atoms with Gasteiger partial charge in [-0.25, -0.2) is 8.42 Å². The topological polar surface area (TPSA) is 99.5 Å². The van der Waals surface area contributed by atoms with Gasteiger partial charge in [0.2, 0.25) is 15.9 Å². The third kappa shape index (κ3) is 5.74. The number of carbonyl (C=O) groups is 1. The Morgan fingerprint density at radius 1 is 1.12 bits per heavy atom. The quantitative estimate of drug-likeness (QED) is 0.617. The van der Waals surface area contributed by atoms with E-state index in [0.29, 0.717) is 38.6 Å². The number of hydrogen-bond donors (Lipinski definition) is 1. The highest BCUT2D eigenvalue weighted by Gasteiger charge is 2.26. The Morgan fingerprint density at radius 2 is 1.81 bits per heavy atom. The third-order valence-electron chi connectivity index (χ3n) is 5.45. The van der Waals surface area contributed by atoms with E-state index in [2.05, 4.69) is 19.2 Å². The Labute approximate surface area is 190 Å². The molecule has 2 aromatic carbocycles. The highest BCUT2D eigenvalue weighted by molar-refractivity contribution is 7.89. The van der Waals surface area contributed by atoms with Crippen molar-refractivity contribution in [2.45, 2.75) is 31.1 Å². The molecule has 1 unspecified atom stereocenters. The molecule has 0 aromatic heterocycles. The number of hydrogen-bond acceptors (Lipinski definition) is 5. The lowest BCUT2D eigenvalue weighted by Crippen LogP contribution is -2.40. The minimum absolute atomic E-state index is 0.0216. The molecule has 1 atom stereocenters. The van der Waals surface area contributed by atoms with Crippen LogP contribution in [0.25, 0.3) is 11.1 Å². The zero-order valence-corrected chi connectivity index (χ0v) is 19.3. The molecule has 1 aliphatic heterocycles. The van der Waals surface area contributed by atoms with Gasteiger partial charge in [0.15, 0.2) is 0 Å². The molecule has 1 aliphatic rings. The van der Waals surface area contributed by atoms with Gasteiger partial charge in [-0.05, 0) is 41.2 Å². The monoisotopic (exact) mass is 455 g/mol. The maximum Gasteiger partial charge on any atom is 0.243 e. The molecule has 170 valence electrons. The summed E-state index contributed by atoms with van der Waals surface area (Å²) in [5, 5.41) is 11.5. The van der Waals surface area contributed by atoms with Crippen LogP contribution in [-0.2, 0) is 19.6 Å². The highest BCUT2D eigenvalue weighted by atomic mass is 32.2. The SMILES string of the molecule is CC(C)CC(C(=O)NCC#N)c1cccc(-c2ccc(S(=O)(=O)N3CCOCC3)cc2)c1. The molecule has 8 heteroatoms. The third-order valence-corrected chi connectivity index (χ3v) is 7.36. The van der Waals surface area contributed by atoms with Crippen molar-refractivity contribution in [1.29, 1.82) is 5.26 Å². The molecule has 32 heavy (non-hydrogen) atoms. The van der Waals surface area contributed by atoms with E-state index < -0.39 is 10.0 Å². The van der Waals surface area contributed by atoms with Crippen LogP contribution in [0.3, 0.4) is 0 Å². The number of benzene rings is 2. The van der Waals surface area contributed by atoms with Crippen molar-refractivity contribution in [3.63, 3.8) is 0 Å². The molecular weight excluding hydrogens is 426 g/mol. The first kappa shape index (κ1) is 23.9. The van der Waals surface area contributed by atoms with Crippen LogP contribution < -0.4 is 5.32 Å². The summed E-state index contributed by atoms with van der Waals surface area (Å²) in [5.41, 5.74) is 2.64. The van der Waals surface area contributed by atoms with Gasteiger partial charge in [-0.15, -0.1) is 0 Å². The zero-order chi connectivity index (χ0) is 23.1. The highest BCUT2D eigenvalue weighted by Crippen LogP contribution is 2.29. The second-order valence-corrected chi connectivity index (χ2v) is 10.2. The number of nitriles is 1. The average Bonchev–Trinajstić information content (AvgIpc) is 2.81. The zero-order valence-electron chi connectivity index (χ0n) is 18.5. The summed E-state index contributed by atoms with van der Waals surface area (Å²) in [5.74, 6) is -0.213. The lowest BCUT2D eigenvalue weighted by Gasteiger charge is -2.26. The van der Waals surface area contributed by atoms with E-state index in [9.17, 15) is 13.2 Å². The van der Waals surface area contributed by atoms with Crippen LogP contribution in [-0.4, -0.2) is 51.5 Å². The Bertz CT molecular complexity index is 1070. The molecule has 0 spiro atoms. The van der Waals surface area contributed by atoms with Crippen LogP contribution >= 0.6 is 0 Å². The molecule has 1 heterocycles. The summed E-state index contributed by atoms with van der Waals surface area (Å²) in [4.78, 5) is 12.9. The molecule has 1 fully saturated rings. The fraction of sp³-hybridized carbons (Fsp3) is 0.417. The molecule has 1 N–H and O–H groups in total. The van der Waals surface area contributed by atoms with E-state index in [1.807, 2.05) is 30.3 Å². The van der Waals surface area contributed by atoms with E-state index in [-0.39, 0.29) is 23.3 Å². The summed E-state index contributed by atoms with van der Waals surface area (Å²) in [6.45, 7) is 5.62. The molecule has 0 saturated carbocycles. The smallest absolute Gasteiger partial charge is 0.243 e. The van der Waals surface area contributed by atoms with E-state index in [4.69, 9.17) is 10.00 Å². The van der Waals surface area contributed by atoms with Gasteiger partial charge in [0.25, 0.3) is 0 Å². The first-order valence-electron chi connectivity index (χ1n) is 10.8. The Kier molecular flexibility index (Phi) is 8.02. The predicted octanol–water partition coefficient (Wildman–Crippen LogP) is 3.14. The molecule has 3 rings (SSSR count). The molecule has 0 radical (unpaired) electrons. The number of nitrogens with one attached hydrogen (secondary N) is 1. The molecule has 2 aromatic rings. The van der Waals surface area contributed by atoms with Gasteiger partial charge < -0.3 is 10.1 Å². The van der Waals surface area contributed by atoms with Gasteiger partial charge in [0, 0.05) is 13.1 Å². The number of carbonyl (C=O) groups excluding carboxylic acids is 1. The fourth-order valence-corrected chi connectivity index (χ4v) is 5.21. The van der Waals surface area contributed by atoms with Crippen molar-refractivity contribution >= 4 is 15.9 Å². The first-order valence-corrected chi connectivity index (χ1v) is 12.2. The summed E-state index contributed by atoms with van der Waals surface area (Å²) in [6, 6.07) is 16.5. The number of rotatable bonds is 8. The molecule has 7 nitrogen and oxygen atoms in total. The van der Waals surface area contributed by atoms with Crippen LogP contribution in [0.15, 0.2) is 53.4 Å². The van der Waals surface area contributed by atoms with Gasteiger partial charge in [0.05, 0.1) is 30.1 Å². The second-order valence-electron chi connectivity index (χ2n) is 8.22. The second kappa shape index (κ2) is 10.7. The molecular formula is C24H29N3O4S.